The lowest BCUT2D eigenvalue weighted by atomic mass is 10.0. The zero-order chi connectivity index (χ0) is 8.60. The van der Waals surface area contributed by atoms with E-state index in [2.05, 4.69) is 6.92 Å². The molecule has 2 aliphatic rings. The van der Waals surface area contributed by atoms with Crippen LogP contribution in [0.4, 0.5) is 0 Å². The molecule has 2 nitrogen and oxygen atoms in total. The van der Waals surface area contributed by atoms with Crippen LogP contribution in [-0.2, 0) is 9.16 Å². The third kappa shape index (κ3) is 1.15. The van der Waals surface area contributed by atoms with E-state index in [-0.39, 0.29) is 5.22 Å². The normalized spacial score (nSPS) is 42.0. The Morgan fingerprint density at radius 3 is 3.00 bits per heavy atom. The van der Waals surface area contributed by atoms with E-state index in [1.165, 1.54) is 31.7 Å². The Kier molecular flexibility index (Phi) is 2.27. The van der Waals surface area contributed by atoms with Gasteiger partial charge in [0.2, 0.25) is 9.04 Å². The van der Waals surface area contributed by atoms with Crippen molar-refractivity contribution >= 4 is 9.04 Å². The second kappa shape index (κ2) is 3.12. The quantitative estimate of drug-likeness (QED) is 0.493. The van der Waals surface area contributed by atoms with Crippen LogP contribution < -0.4 is 0 Å². The predicted molar refractivity (Wildman–Crippen MR) is 50.7 cm³/mol. The molecule has 3 heteroatoms. The highest BCUT2D eigenvalue weighted by Gasteiger charge is 2.62. The molecule has 70 valence electrons. The van der Waals surface area contributed by atoms with Gasteiger partial charge in [0.05, 0.1) is 6.10 Å². The lowest BCUT2D eigenvalue weighted by molar-refractivity contribution is 0.306. The van der Waals surface area contributed by atoms with Gasteiger partial charge < -0.3 is 9.16 Å². The summed E-state index contributed by atoms with van der Waals surface area (Å²) in [7, 11) is 0.827. The first-order valence-electron chi connectivity index (χ1n) is 5.04. The molecular formula is C9H18O2Si. The summed E-state index contributed by atoms with van der Waals surface area (Å²) in [5, 5.41) is 0.280. The zero-order valence-corrected chi connectivity index (χ0v) is 9.16. The summed E-state index contributed by atoms with van der Waals surface area (Å²) in [5.41, 5.74) is 0. The van der Waals surface area contributed by atoms with Crippen LogP contribution in [0.3, 0.4) is 0 Å². The smallest absolute Gasteiger partial charge is 0.211 e. The topological polar surface area (TPSA) is 21.8 Å². The van der Waals surface area contributed by atoms with Crippen LogP contribution in [0.1, 0.15) is 32.6 Å². The molecule has 3 unspecified atom stereocenters. The van der Waals surface area contributed by atoms with Gasteiger partial charge in [-0.05, 0) is 18.9 Å². The van der Waals surface area contributed by atoms with Gasteiger partial charge in [0.1, 0.15) is 5.22 Å². The average molecular weight is 186 g/mol. The van der Waals surface area contributed by atoms with Crippen molar-refractivity contribution in [2.75, 3.05) is 7.11 Å². The fraction of sp³-hybridized carbons (Fsp3) is 1.00. The molecule has 1 saturated heterocycles. The van der Waals surface area contributed by atoms with Gasteiger partial charge in [-0.1, -0.05) is 19.8 Å². The Morgan fingerprint density at radius 2 is 2.42 bits per heavy atom. The van der Waals surface area contributed by atoms with E-state index in [0.29, 0.717) is 6.10 Å². The third-order valence-corrected chi connectivity index (χ3v) is 6.53. The highest BCUT2D eigenvalue weighted by atomic mass is 28.3. The summed E-state index contributed by atoms with van der Waals surface area (Å²) in [6.07, 6.45) is 5.86. The molecule has 2 rings (SSSR count). The molecule has 1 aliphatic carbocycles. The van der Waals surface area contributed by atoms with E-state index in [1.807, 2.05) is 7.11 Å². The zero-order valence-electron chi connectivity index (χ0n) is 8.01. The lowest BCUT2D eigenvalue weighted by Gasteiger charge is -2.23. The number of epoxide rings is 1. The Bertz CT molecular complexity index is 170. The van der Waals surface area contributed by atoms with Crippen molar-refractivity contribution in [3.63, 3.8) is 0 Å². The highest BCUT2D eigenvalue weighted by molar-refractivity contribution is 6.56. The molecule has 1 aliphatic heterocycles. The van der Waals surface area contributed by atoms with Crippen molar-refractivity contribution < 1.29 is 9.16 Å². The van der Waals surface area contributed by atoms with Gasteiger partial charge in [-0.2, -0.15) is 0 Å². The van der Waals surface area contributed by atoms with E-state index < -0.39 is 9.04 Å². The molecule has 1 heterocycles. The Morgan fingerprint density at radius 1 is 1.58 bits per heavy atom. The maximum absolute atomic E-state index is 5.85. The fourth-order valence-corrected chi connectivity index (χ4v) is 5.49. The van der Waals surface area contributed by atoms with E-state index in [1.54, 1.807) is 0 Å². The molecule has 3 atom stereocenters. The van der Waals surface area contributed by atoms with Crippen molar-refractivity contribution in [3.8, 4) is 0 Å². The van der Waals surface area contributed by atoms with Crippen molar-refractivity contribution in [1.29, 1.82) is 0 Å². The third-order valence-electron chi connectivity index (χ3n) is 3.33. The maximum Gasteiger partial charge on any atom is 0.211 e. The van der Waals surface area contributed by atoms with Crippen LogP contribution in [0.25, 0.3) is 0 Å². The molecule has 0 bridgehead atoms. The Labute approximate surface area is 76.0 Å². The monoisotopic (exact) mass is 186 g/mol. The van der Waals surface area contributed by atoms with Crippen LogP contribution in [0, 0.1) is 0 Å². The number of fused-ring (bicyclic) bond motifs is 1. The predicted octanol–water partition coefficient (Wildman–Crippen LogP) is 1.63. The highest BCUT2D eigenvalue weighted by Crippen LogP contribution is 2.50. The van der Waals surface area contributed by atoms with Gasteiger partial charge in [-0.15, -0.1) is 0 Å². The van der Waals surface area contributed by atoms with Crippen LogP contribution in [0.2, 0.25) is 6.04 Å². The number of ether oxygens (including phenoxy) is 1. The van der Waals surface area contributed by atoms with Crippen LogP contribution in [0.15, 0.2) is 0 Å². The van der Waals surface area contributed by atoms with Gasteiger partial charge in [-0.25, -0.2) is 0 Å². The molecule has 0 radical (unpaired) electrons. The maximum atomic E-state index is 5.85. The molecule has 0 amide bonds. The molecule has 0 N–H and O–H groups in total. The molecule has 0 aromatic rings. The van der Waals surface area contributed by atoms with Gasteiger partial charge >= 0.3 is 0 Å². The number of hydrogen-bond donors (Lipinski definition) is 0. The van der Waals surface area contributed by atoms with Crippen molar-refractivity contribution in [2.24, 2.45) is 0 Å². The molecule has 12 heavy (non-hydrogen) atoms. The molecule has 0 spiro atoms. The van der Waals surface area contributed by atoms with Crippen molar-refractivity contribution in [1.82, 2.24) is 0 Å². The minimum absolute atomic E-state index is 0.280. The van der Waals surface area contributed by atoms with Crippen LogP contribution in [-0.4, -0.2) is 27.5 Å². The van der Waals surface area contributed by atoms with Gasteiger partial charge in [-0.3, -0.25) is 0 Å². The van der Waals surface area contributed by atoms with E-state index in [0.717, 1.165) is 0 Å². The van der Waals surface area contributed by atoms with Gasteiger partial charge in [0, 0.05) is 7.11 Å². The molecule has 1 saturated carbocycles. The Balaban J connectivity index is 2.01. The minimum atomic E-state index is -1.04. The van der Waals surface area contributed by atoms with Gasteiger partial charge in [0.25, 0.3) is 0 Å². The van der Waals surface area contributed by atoms with Gasteiger partial charge in [0.15, 0.2) is 0 Å². The fourth-order valence-electron chi connectivity index (χ4n) is 2.64. The number of hydrogen-bond acceptors (Lipinski definition) is 2. The standard InChI is InChI=1S/C9H18O2Si/c1-3-12(10-2)9-7-5-4-6-8(9)11-9/h8,12H,3-7H2,1-2H3. The van der Waals surface area contributed by atoms with Crippen molar-refractivity contribution in [2.45, 2.75) is 50.0 Å². The first kappa shape index (κ1) is 8.72. The van der Waals surface area contributed by atoms with E-state index >= 15 is 0 Å². The number of rotatable bonds is 3. The summed E-state index contributed by atoms with van der Waals surface area (Å²) in [4.78, 5) is 0. The van der Waals surface area contributed by atoms with Crippen molar-refractivity contribution in [3.05, 3.63) is 0 Å². The first-order valence-corrected chi connectivity index (χ1v) is 6.90. The first-order chi connectivity index (χ1) is 5.83. The average Bonchev–Trinajstić information content (AvgIpc) is 2.81. The van der Waals surface area contributed by atoms with Crippen LogP contribution >= 0.6 is 0 Å². The molecule has 2 fully saturated rings. The van der Waals surface area contributed by atoms with E-state index in [4.69, 9.17) is 9.16 Å². The van der Waals surface area contributed by atoms with E-state index in [9.17, 15) is 0 Å². The second-order valence-electron chi connectivity index (χ2n) is 3.94. The SMILES string of the molecule is CC[SiH](OC)C12CCCCC1O2. The summed E-state index contributed by atoms with van der Waals surface area (Å²) in [5.74, 6) is 0. The molecular weight excluding hydrogens is 168 g/mol. The largest absolute Gasteiger partial charge is 0.420 e. The summed E-state index contributed by atoms with van der Waals surface area (Å²) in [6, 6.07) is 1.22. The Hall–Kier alpha value is 0.137. The minimum Gasteiger partial charge on any atom is -0.420 e. The summed E-state index contributed by atoms with van der Waals surface area (Å²) in [6.45, 7) is 2.24. The molecule has 0 aromatic carbocycles. The van der Waals surface area contributed by atoms with Crippen LogP contribution in [0.5, 0.6) is 0 Å². The summed E-state index contributed by atoms with van der Waals surface area (Å²) >= 11 is 0. The molecule has 0 aromatic heterocycles. The second-order valence-corrected chi connectivity index (χ2v) is 7.18. The summed E-state index contributed by atoms with van der Waals surface area (Å²) < 4.78 is 11.4. The lowest BCUT2D eigenvalue weighted by Crippen LogP contribution is -2.39.